The third kappa shape index (κ3) is 6.60. The summed E-state index contributed by atoms with van der Waals surface area (Å²) >= 11 is 0. The first-order valence-electron chi connectivity index (χ1n) is 15.6. The molecule has 220 valence electrons. The first-order chi connectivity index (χ1) is 19.8. The number of rotatable bonds is 9. The van der Waals surface area contributed by atoms with Crippen molar-refractivity contribution in [1.82, 2.24) is 19.6 Å². The molecule has 1 spiro atoms. The molecule has 0 bridgehead atoms. The Kier molecular flexibility index (Phi) is 8.35. The van der Waals surface area contributed by atoms with Crippen LogP contribution in [0.3, 0.4) is 0 Å². The molecule has 2 saturated heterocycles. The summed E-state index contributed by atoms with van der Waals surface area (Å²) < 4.78 is 26.7. The first kappa shape index (κ1) is 28.6. The molecule has 0 amide bonds. The topological polar surface area (TPSA) is 78.4 Å². The summed E-state index contributed by atoms with van der Waals surface area (Å²) in [5.74, 6) is 2.41. The highest BCUT2D eigenvalue weighted by molar-refractivity contribution is 7.89. The minimum Gasteiger partial charge on any atom is -0.355 e. The SMILES string of the molecule is CCS(=O)(=O)NC1CCC(CN2CCC3(CC2)CN(c2ncnc4ccc(CC(C)c5ccccc5)cc24)C3)CC1. The second-order valence-corrected chi connectivity index (χ2v) is 15.0. The second kappa shape index (κ2) is 12.0. The van der Waals surface area contributed by atoms with Crippen LogP contribution in [0.2, 0.25) is 0 Å². The van der Waals surface area contributed by atoms with E-state index in [4.69, 9.17) is 4.98 Å². The van der Waals surface area contributed by atoms with Crippen LogP contribution in [0.4, 0.5) is 5.82 Å². The fraction of sp³-hybridized carbons (Fsp3) is 0.576. The second-order valence-electron chi connectivity index (χ2n) is 13.0. The molecule has 0 radical (unpaired) electrons. The van der Waals surface area contributed by atoms with Crippen molar-refractivity contribution in [3.63, 3.8) is 0 Å². The summed E-state index contributed by atoms with van der Waals surface area (Å²) in [6, 6.07) is 17.6. The van der Waals surface area contributed by atoms with Crippen LogP contribution in [0.15, 0.2) is 54.9 Å². The molecular weight excluding hydrogens is 530 g/mol. The lowest BCUT2D eigenvalue weighted by molar-refractivity contribution is 0.0621. The van der Waals surface area contributed by atoms with Gasteiger partial charge in [0, 0.05) is 36.5 Å². The van der Waals surface area contributed by atoms with Gasteiger partial charge in [-0.05, 0) is 100 Å². The number of anilines is 1. The Morgan fingerprint density at radius 1 is 1.00 bits per heavy atom. The Bertz CT molecular complexity index is 1420. The standard InChI is InChI=1S/C33H45N5O2S/c1-3-41(39,40)36-29-12-9-26(10-13-29)21-37-17-15-33(16-18-37)22-38(23-33)32-30-20-27(11-14-31(30)34-24-35-32)19-25(2)28-7-5-4-6-8-28/h4-8,11,14,20,24-26,29,36H,3,9-10,12-13,15-19,21-23H2,1-2H3. The van der Waals surface area contributed by atoms with E-state index in [1.807, 2.05) is 0 Å². The van der Waals surface area contributed by atoms with E-state index in [9.17, 15) is 8.42 Å². The molecule has 2 aliphatic heterocycles. The minimum absolute atomic E-state index is 0.128. The smallest absolute Gasteiger partial charge is 0.211 e. The van der Waals surface area contributed by atoms with Crippen molar-refractivity contribution in [3.8, 4) is 0 Å². The van der Waals surface area contributed by atoms with Gasteiger partial charge in [-0.25, -0.2) is 23.1 Å². The molecule has 8 heteroatoms. The van der Waals surface area contributed by atoms with Crippen LogP contribution in [0.1, 0.15) is 69.4 Å². The lowest BCUT2D eigenvalue weighted by Gasteiger charge is -2.55. The molecule has 2 aromatic carbocycles. The summed E-state index contributed by atoms with van der Waals surface area (Å²) in [5, 5.41) is 1.18. The quantitative estimate of drug-likeness (QED) is 0.369. The van der Waals surface area contributed by atoms with Gasteiger partial charge in [0.05, 0.1) is 11.3 Å². The van der Waals surface area contributed by atoms with Crippen LogP contribution in [0, 0.1) is 11.3 Å². The van der Waals surface area contributed by atoms with Crippen molar-refractivity contribution in [2.45, 2.75) is 70.8 Å². The van der Waals surface area contributed by atoms with Crippen LogP contribution in [-0.2, 0) is 16.4 Å². The molecule has 3 heterocycles. The van der Waals surface area contributed by atoms with Gasteiger partial charge in [0.25, 0.3) is 0 Å². The van der Waals surface area contributed by atoms with Gasteiger partial charge in [-0.2, -0.15) is 0 Å². The van der Waals surface area contributed by atoms with Gasteiger partial charge in [-0.1, -0.05) is 43.3 Å². The lowest BCUT2D eigenvalue weighted by atomic mass is 9.71. The van der Waals surface area contributed by atoms with Gasteiger partial charge in [0.2, 0.25) is 10.0 Å². The Labute approximate surface area is 245 Å². The van der Waals surface area contributed by atoms with Gasteiger partial charge in [-0.3, -0.25) is 0 Å². The largest absolute Gasteiger partial charge is 0.355 e. The molecule has 1 N–H and O–H groups in total. The van der Waals surface area contributed by atoms with E-state index in [0.717, 1.165) is 63.1 Å². The van der Waals surface area contributed by atoms with Gasteiger partial charge in [0.1, 0.15) is 12.1 Å². The van der Waals surface area contributed by atoms with Crippen molar-refractivity contribution < 1.29 is 8.42 Å². The zero-order valence-corrected chi connectivity index (χ0v) is 25.5. The normalized spacial score (nSPS) is 23.9. The molecular formula is C33H45N5O2S. The number of hydrogen-bond acceptors (Lipinski definition) is 6. The molecule has 41 heavy (non-hydrogen) atoms. The zero-order chi connectivity index (χ0) is 28.5. The molecule has 1 atom stereocenters. The molecule has 1 saturated carbocycles. The minimum atomic E-state index is -3.10. The number of nitrogens with one attached hydrogen (secondary N) is 1. The van der Waals surface area contributed by atoms with Crippen molar-refractivity contribution in [2.75, 3.05) is 43.4 Å². The van der Waals surface area contributed by atoms with Gasteiger partial charge >= 0.3 is 0 Å². The third-order valence-corrected chi connectivity index (χ3v) is 11.4. The van der Waals surface area contributed by atoms with Crippen LogP contribution < -0.4 is 9.62 Å². The number of sulfonamides is 1. The van der Waals surface area contributed by atoms with E-state index in [2.05, 4.69) is 75.0 Å². The van der Waals surface area contributed by atoms with Crippen LogP contribution in [-0.4, -0.2) is 67.8 Å². The van der Waals surface area contributed by atoms with Gasteiger partial charge in [0.15, 0.2) is 0 Å². The van der Waals surface area contributed by atoms with E-state index in [1.54, 1.807) is 13.3 Å². The van der Waals surface area contributed by atoms with Gasteiger partial charge < -0.3 is 9.80 Å². The van der Waals surface area contributed by atoms with E-state index in [1.165, 1.54) is 42.4 Å². The molecule has 3 aliphatic rings. The Morgan fingerprint density at radius 3 is 2.44 bits per heavy atom. The fourth-order valence-corrected chi connectivity index (χ4v) is 8.24. The third-order valence-electron chi connectivity index (χ3n) is 9.95. The molecule has 7 nitrogen and oxygen atoms in total. The Balaban J connectivity index is 1.02. The van der Waals surface area contributed by atoms with Crippen LogP contribution in [0.25, 0.3) is 10.9 Å². The molecule has 1 aliphatic carbocycles. The highest BCUT2D eigenvalue weighted by Gasteiger charge is 2.46. The first-order valence-corrected chi connectivity index (χ1v) is 17.2. The molecule has 1 aromatic heterocycles. The predicted molar refractivity (Wildman–Crippen MR) is 167 cm³/mol. The molecule has 3 fully saturated rings. The monoisotopic (exact) mass is 575 g/mol. The van der Waals surface area contributed by atoms with E-state index in [0.29, 0.717) is 17.3 Å². The summed E-state index contributed by atoms with van der Waals surface area (Å²) in [7, 11) is -3.10. The fourth-order valence-electron chi connectivity index (χ4n) is 7.33. The average Bonchev–Trinajstić information content (AvgIpc) is 2.97. The lowest BCUT2D eigenvalue weighted by Crippen LogP contribution is -2.61. The number of benzene rings is 2. The Hall–Kier alpha value is -2.55. The molecule has 3 aromatic rings. The Morgan fingerprint density at radius 2 is 1.73 bits per heavy atom. The average molecular weight is 576 g/mol. The highest BCUT2D eigenvalue weighted by Crippen LogP contribution is 2.44. The number of aromatic nitrogens is 2. The van der Waals surface area contributed by atoms with Crippen molar-refractivity contribution in [2.24, 2.45) is 11.3 Å². The van der Waals surface area contributed by atoms with E-state index < -0.39 is 10.0 Å². The predicted octanol–water partition coefficient (Wildman–Crippen LogP) is 5.38. The van der Waals surface area contributed by atoms with Crippen molar-refractivity contribution in [3.05, 3.63) is 66.0 Å². The van der Waals surface area contributed by atoms with E-state index in [-0.39, 0.29) is 11.8 Å². The number of hydrogen-bond donors (Lipinski definition) is 1. The maximum Gasteiger partial charge on any atom is 0.211 e. The number of piperidine rings is 1. The summed E-state index contributed by atoms with van der Waals surface area (Å²) in [4.78, 5) is 14.5. The van der Waals surface area contributed by atoms with Crippen molar-refractivity contribution >= 4 is 26.7 Å². The van der Waals surface area contributed by atoms with Gasteiger partial charge in [-0.15, -0.1) is 0 Å². The summed E-state index contributed by atoms with van der Waals surface area (Å²) in [5.41, 5.74) is 4.15. The maximum atomic E-state index is 11.9. The van der Waals surface area contributed by atoms with E-state index >= 15 is 0 Å². The zero-order valence-electron chi connectivity index (χ0n) is 24.6. The summed E-state index contributed by atoms with van der Waals surface area (Å²) in [6.45, 7) is 9.67. The van der Waals surface area contributed by atoms with Crippen LogP contribution in [0.5, 0.6) is 0 Å². The number of nitrogens with zero attached hydrogens (tertiary/aromatic N) is 4. The molecule has 6 rings (SSSR count). The molecule has 1 unspecified atom stereocenters. The maximum absolute atomic E-state index is 11.9. The van der Waals surface area contributed by atoms with Crippen molar-refractivity contribution in [1.29, 1.82) is 0 Å². The van der Waals surface area contributed by atoms with Crippen LogP contribution >= 0.6 is 0 Å². The number of likely N-dealkylation sites (tertiary alicyclic amines) is 1. The summed E-state index contributed by atoms with van der Waals surface area (Å²) in [6.07, 6.45) is 9.41. The number of fused-ring (bicyclic) bond motifs is 1. The highest BCUT2D eigenvalue weighted by atomic mass is 32.2.